The van der Waals surface area contributed by atoms with E-state index in [1.807, 2.05) is 6.07 Å². The van der Waals surface area contributed by atoms with E-state index in [0.717, 1.165) is 0 Å². The Morgan fingerprint density at radius 1 is 1.62 bits per heavy atom. The Hall–Kier alpha value is -1.18. The van der Waals surface area contributed by atoms with Gasteiger partial charge in [-0.1, -0.05) is 11.6 Å². The fraction of sp³-hybridized carbons (Fsp3) is 0.273. The minimum atomic E-state index is -0.378. The van der Waals surface area contributed by atoms with E-state index >= 15 is 0 Å². The maximum atomic E-state index is 11.3. The van der Waals surface area contributed by atoms with Crippen LogP contribution >= 0.6 is 24.2 Å². The van der Waals surface area contributed by atoms with Gasteiger partial charge in [-0.05, 0) is 24.6 Å². The smallest absolute Gasteiger partial charge is 0.310 e. The average Bonchev–Trinajstić information content (AvgIpc) is 2.22. The summed E-state index contributed by atoms with van der Waals surface area (Å²) in [6.45, 7) is 2.04. The van der Waals surface area contributed by atoms with E-state index in [0.29, 0.717) is 27.7 Å². The zero-order valence-corrected chi connectivity index (χ0v) is 10.3. The Balaban J connectivity index is 3.04. The number of thiol groups is 1. The van der Waals surface area contributed by atoms with Gasteiger partial charge in [0.15, 0.2) is 0 Å². The molecular weight excluding hydrogens is 246 g/mol. The third-order valence-electron chi connectivity index (χ3n) is 1.94. The quantitative estimate of drug-likeness (QED) is 0.667. The van der Waals surface area contributed by atoms with Gasteiger partial charge in [0.05, 0.1) is 24.7 Å². The Bertz CT molecular complexity index is 454. The van der Waals surface area contributed by atoms with Gasteiger partial charge in [-0.15, -0.1) is 12.6 Å². The lowest BCUT2D eigenvalue weighted by Crippen LogP contribution is -2.09. The van der Waals surface area contributed by atoms with Gasteiger partial charge in [0, 0.05) is 9.92 Å². The van der Waals surface area contributed by atoms with Crippen molar-refractivity contribution in [2.75, 3.05) is 6.61 Å². The van der Waals surface area contributed by atoms with Gasteiger partial charge in [-0.3, -0.25) is 4.79 Å². The van der Waals surface area contributed by atoms with Crippen LogP contribution in [-0.4, -0.2) is 12.6 Å². The number of nitrogens with zero attached hydrogens (tertiary/aromatic N) is 1. The second-order valence-corrected chi connectivity index (χ2v) is 3.96. The highest BCUT2D eigenvalue weighted by molar-refractivity contribution is 7.80. The fourth-order valence-corrected chi connectivity index (χ4v) is 1.90. The first-order valence-corrected chi connectivity index (χ1v) is 5.48. The molecule has 0 saturated heterocycles. The molecule has 0 fully saturated rings. The number of rotatable bonds is 3. The third kappa shape index (κ3) is 3.16. The molecule has 3 nitrogen and oxygen atoms in total. The van der Waals surface area contributed by atoms with Gasteiger partial charge in [-0.25, -0.2) is 0 Å². The van der Waals surface area contributed by atoms with Crippen molar-refractivity contribution in [3.05, 3.63) is 28.3 Å². The van der Waals surface area contributed by atoms with Gasteiger partial charge in [-0.2, -0.15) is 5.26 Å². The highest BCUT2D eigenvalue weighted by Gasteiger charge is 2.13. The normalized spacial score (nSPS) is 9.62. The van der Waals surface area contributed by atoms with Gasteiger partial charge < -0.3 is 4.74 Å². The zero-order chi connectivity index (χ0) is 12.1. The first-order valence-electron chi connectivity index (χ1n) is 4.65. The molecule has 0 aromatic heterocycles. The molecule has 0 aliphatic carbocycles. The Morgan fingerprint density at radius 3 is 2.88 bits per heavy atom. The molecule has 0 spiro atoms. The maximum Gasteiger partial charge on any atom is 0.310 e. The van der Waals surface area contributed by atoms with Crippen LogP contribution in [0.25, 0.3) is 0 Å². The molecule has 84 valence electrons. The summed E-state index contributed by atoms with van der Waals surface area (Å²) in [6, 6.07) is 5.09. The summed E-state index contributed by atoms with van der Waals surface area (Å²) in [6.07, 6.45) is 0.0345. The topological polar surface area (TPSA) is 50.1 Å². The van der Waals surface area contributed by atoms with Crippen LogP contribution in [0.5, 0.6) is 0 Å². The lowest BCUT2D eigenvalue weighted by atomic mass is 10.1. The molecule has 0 bridgehead atoms. The Kier molecular flexibility index (Phi) is 4.66. The first-order chi connectivity index (χ1) is 7.58. The van der Waals surface area contributed by atoms with E-state index in [2.05, 4.69) is 12.6 Å². The van der Waals surface area contributed by atoms with Crippen LogP contribution in [0.2, 0.25) is 5.02 Å². The molecule has 0 amide bonds. The zero-order valence-electron chi connectivity index (χ0n) is 8.66. The van der Waals surface area contributed by atoms with Crippen molar-refractivity contribution in [1.29, 1.82) is 5.26 Å². The van der Waals surface area contributed by atoms with E-state index in [4.69, 9.17) is 21.6 Å². The number of hydrogen-bond acceptors (Lipinski definition) is 4. The molecule has 1 rings (SSSR count). The molecule has 16 heavy (non-hydrogen) atoms. The summed E-state index contributed by atoms with van der Waals surface area (Å²) in [7, 11) is 0. The summed E-state index contributed by atoms with van der Waals surface area (Å²) in [4.78, 5) is 11.8. The molecule has 0 radical (unpaired) electrons. The summed E-state index contributed by atoms with van der Waals surface area (Å²) >= 11 is 9.97. The molecule has 1 aromatic rings. The average molecular weight is 256 g/mol. The minimum absolute atomic E-state index is 0.0345. The fourth-order valence-electron chi connectivity index (χ4n) is 1.26. The van der Waals surface area contributed by atoms with E-state index in [-0.39, 0.29) is 12.4 Å². The predicted molar refractivity (Wildman–Crippen MR) is 63.8 cm³/mol. The van der Waals surface area contributed by atoms with Gasteiger partial charge >= 0.3 is 5.97 Å². The number of carbonyl (C=O) groups is 1. The van der Waals surface area contributed by atoms with Crippen molar-refractivity contribution in [2.45, 2.75) is 18.2 Å². The minimum Gasteiger partial charge on any atom is -0.466 e. The highest BCUT2D eigenvalue weighted by Crippen LogP contribution is 2.24. The number of carbonyl (C=O) groups excluding carboxylic acids is 1. The molecule has 0 atom stereocenters. The lowest BCUT2D eigenvalue weighted by Gasteiger charge is -2.07. The second kappa shape index (κ2) is 5.78. The standard InChI is InChI=1S/C11H10ClNO2S/c1-2-15-11(14)5-9-7(6-13)3-8(12)4-10(9)16/h3-4,16H,2,5H2,1H3. The number of halogens is 1. The molecule has 0 unspecified atom stereocenters. The van der Waals surface area contributed by atoms with E-state index in [1.165, 1.54) is 6.07 Å². The van der Waals surface area contributed by atoms with Crippen LogP contribution in [0.4, 0.5) is 0 Å². The Morgan fingerprint density at radius 2 is 2.31 bits per heavy atom. The van der Waals surface area contributed by atoms with Crippen molar-refractivity contribution < 1.29 is 9.53 Å². The van der Waals surface area contributed by atoms with Crippen molar-refractivity contribution in [2.24, 2.45) is 0 Å². The molecule has 0 N–H and O–H groups in total. The Labute approximate surface area is 104 Å². The monoisotopic (exact) mass is 255 g/mol. The number of esters is 1. The third-order valence-corrected chi connectivity index (χ3v) is 2.56. The number of benzene rings is 1. The summed E-state index contributed by atoms with van der Waals surface area (Å²) < 4.78 is 4.82. The highest BCUT2D eigenvalue weighted by atomic mass is 35.5. The number of ether oxygens (including phenoxy) is 1. The lowest BCUT2D eigenvalue weighted by molar-refractivity contribution is -0.142. The molecule has 0 aliphatic heterocycles. The molecule has 0 saturated carbocycles. The number of nitriles is 1. The van der Waals surface area contributed by atoms with Crippen LogP contribution in [0, 0.1) is 11.3 Å². The maximum absolute atomic E-state index is 11.3. The molecular formula is C11H10ClNO2S. The molecule has 0 aliphatic rings. The van der Waals surface area contributed by atoms with Crippen molar-refractivity contribution in [1.82, 2.24) is 0 Å². The summed E-state index contributed by atoms with van der Waals surface area (Å²) in [5.41, 5.74) is 0.902. The molecule has 0 heterocycles. The van der Waals surface area contributed by atoms with Crippen LogP contribution in [0.3, 0.4) is 0 Å². The van der Waals surface area contributed by atoms with E-state index in [1.54, 1.807) is 13.0 Å². The van der Waals surface area contributed by atoms with Crippen molar-refractivity contribution in [3.8, 4) is 6.07 Å². The largest absolute Gasteiger partial charge is 0.466 e. The summed E-state index contributed by atoms with van der Waals surface area (Å²) in [5.74, 6) is -0.378. The van der Waals surface area contributed by atoms with Crippen LogP contribution in [0.15, 0.2) is 17.0 Å². The number of hydrogen-bond donors (Lipinski definition) is 1. The van der Waals surface area contributed by atoms with Gasteiger partial charge in [0.1, 0.15) is 0 Å². The van der Waals surface area contributed by atoms with E-state index in [9.17, 15) is 4.79 Å². The second-order valence-electron chi connectivity index (χ2n) is 3.04. The van der Waals surface area contributed by atoms with Crippen LogP contribution in [-0.2, 0) is 16.0 Å². The predicted octanol–water partition coefficient (Wildman–Crippen LogP) is 2.61. The van der Waals surface area contributed by atoms with Gasteiger partial charge in [0.25, 0.3) is 0 Å². The molecule has 5 heteroatoms. The summed E-state index contributed by atoms with van der Waals surface area (Å²) in [5, 5.41) is 9.34. The van der Waals surface area contributed by atoms with E-state index < -0.39 is 0 Å². The van der Waals surface area contributed by atoms with Crippen LogP contribution < -0.4 is 0 Å². The van der Waals surface area contributed by atoms with Gasteiger partial charge in [0.2, 0.25) is 0 Å². The van der Waals surface area contributed by atoms with Crippen molar-refractivity contribution in [3.63, 3.8) is 0 Å². The SMILES string of the molecule is CCOC(=O)Cc1c(S)cc(Cl)cc1C#N. The van der Waals surface area contributed by atoms with Crippen molar-refractivity contribution >= 4 is 30.2 Å². The molecule has 1 aromatic carbocycles. The first kappa shape index (κ1) is 12.9. The van der Waals surface area contributed by atoms with Crippen LogP contribution in [0.1, 0.15) is 18.1 Å².